The standard InChI is InChI=1S/C23H17IN4OS/c24-18-11-13-19(14-12-18)25-20(29)15-30-23-26-21(16-7-3-1-4-8-16)22(27-28-23)17-9-5-2-6-10-17/h1-14H,15H2,(H,25,29). The van der Waals surface area contributed by atoms with Gasteiger partial charge >= 0.3 is 0 Å². The van der Waals surface area contributed by atoms with Crippen molar-refractivity contribution in [2.24, 2.45) is 0 Å². The quantitative estimate of drug-likeness (QED) is 0.265. The molecular formula is C23H17IN4OS. The Morgan fingerprint density at radius 2 is 1.40 bits per heavy atom. The molecule has 0 atom stereocenters. The highest BCUT2D eigenvalue weighted by atomic mass is 127. The minimum absolute atomic E-state index is 0.113. The number of amides is 1. The molecule has 0 bridgehead atoms. The second-order valence-corrected chi connectivity index (χ2v) is 8.56. The van der Waals surface area contributed by atoms with E-state index < -0.39 is 0 Å². The van der Waals surface area contributed by atoms with Crippen LogP contribution < -0.4 is 5.32 Å². The third-order valence-corrected chi connectivity index (χ3v) is 5.78. The SMILES string of the molecule is O=C(CSc1nnc(-c2ccccc2)c(-c2ccccc2)n1)Nc1ccc(I)cc1. The van der Waals surface area contributed by atoms with Gasteiger partial charge in [-0.05, 0) is 46.9 Å². The lowest BCUT2D eigenvalue weighted by Crippen LogP contribution is -2.14. The van der Waals surface area contributed by atoms with Gasteiger partial charge in [0.2, 0.25) is 11.1 Å². The number of thioether (sulfide) groups is 1. The van der Waals surface area contributed by atoms with Crippen LogP contribution in [0.3, 0.4) is 0 Å². The van der Waals surface area contributed by atoms with Crippen LogP contribution in [0.5, 0.6) is 0 Å². The van der Waals surface area contributed by atoms with Gasteiger partial charge in [0.25, 0.3) is 0 Å². The molecule has 0 unspecified atom stereocenters. The smallest absolute Gasteiger partial charge is 0.234 e. The Labute approximate surface area is 192 Å². The van der Waals surface area contributed by atoms with Gasteiger partial charge in [0.15, 0.2) is 0 Å². The summed E-state index contributed by atoms with van der Waals surface area (Å²) in [5.74, 6) is 0.0882. The summed E-state index contributed by atoms with van der Waals surface area (Å²) in [5, 5.41) is 12.0. The van der Waals surface area contributed by atoms with E-state index in [-0.39, 0.29) is 11.7 Å². The van der Waals surface area contributed by atoms with Crippen LogP contribution in [-0.2, 0) is 4.79 Å². The minimum atomic E-state index is -0.113. The number of benzene rings is 3. The lowest BCUT2D eigenvalue weighted by molar-refractivity contribution is -0.113. The molecule has 0 aliphatic rings. The topological polar surface area (TPSA) is 67.8 Å². The first kappa shape index (κ1) is 20.5. The molecule has 0 spiro atoms. The van der Waals surface area contributed by atoms with E-state index in [9.17, 15) is 4.79 Å². The number of halogens is 1. The number of carbonyl (C=O) groups excluding carboxylic acids is 1. The van der Waals surface area contributed by atoms with E-state index in [0.29, 0.717) is 5.16 Å². The minimum Gasteiger partial charge on any atom is -0.325 e. The average molecular weight is 524 g/mol. The van der Waals surface area contributed by atoms with E-state index in [1.165, 1.54) is 11.8 Å². The highest BCUT2D eigenvalue weighted by molar-refractivity contribution is 14.1. The second kappa shape index (κ2) is 9.82. The Morgan fingerprint density at radius 3 is 2.03 bits per heavy atom. The monoisotopic (exact) mass is 524 g/mol. The molecule has 5 nitrogen and oxygen atoms in total. The number of carbonyl (C=O) groups is 1. The van der Waals surface area contributed by atoms with Gasteiger partial charge in [0.1, 0.15) is 11.4 Å². The van der Waals surface area contributed by atoms with Crippen molar-refractivity contribution in [3.05, 3.63) is 88.5 Å². The summed E-state index contributed by atoms with van der Waals surface area (Å²) >= 11 is 3.49. The lowest BCUT2D eigenvalue weighted by Gasteiger charge is -2.09. The van der Waals surface area contributed by atoms with Crippen LogP contribution in [0.4, 0.5) is 5.69 Å². The van der Waals surface area contributed by atoms with E-state index in [0.717, 1.165) is 31.8 Å². The summed E-state index contributed by atoms with van der Waals surface area (Å²) in [4.78, 5) is 17.0. The molecule has 7 heteroatoms. The van der Waals surface area contributed by atoms with E-state index in [4.69, 9.17) is 4.98 Å². The van der Waals surface area contributed by atoms with Crippen LogP contribution in [0.15, 0.2) is 90.1 Å². The van der Waals surface area contributed by atoms with Gasteiger partial charge in [0, 0.05) is 20.4 Å². The Bertz CT molecular complexity index is 1140. The molecule has 30 heavy (non-hydrogen) atoms. The Balaban J connectivity index is 1.54. The molecule has 4 aromatic rings. The van der Waals surface area contributed by atoms with Crippen molar-refractivity contribution in [2.45, 2.75) is 5.16 Å². The Kier molecular flexibility index (Phi) is 6.70. The first-order chi connectivity index (χ1) is 14.7. The summed E-state index contributed by atoms with van der Waals surface area (Å²) in [7, 11) is 0. The molecule has 0 saturated carbocycles. The molecule has 0 radical (unpaired) electrons. The molecule has 1 N–H and O–H groups in total. The highest BCUT2D eigenvalue weighted by Gasteiger charge is 2.14. The van der Waals surface area contributed by atoms with Crippen molar-refractivity contribution >= 4 is 45.9 Å². The zero-order chi connectivity index (χ0) is 20.8. The van der Waals surface area contributed by atoms with Gasteiger partial charge in [0.05, 0.1) is 5.75 Å². The van der Waals surface area contributed by atoms with Crippen molar-refractivity contribution in [2.75, 3.05) is 11.1 Å². The summed E-state index contributed by atoms with van der Waals surface area (Å²) in [6.07, 6.45) is 0. The zero-order valence-corrected chi connectivity index (χ0v) is 18.8. The molecule has 0 fully saturated rings. The molecule has 1 amide bonds. The number of nitrogens with one attached hydrogen (secondary N) is 1. The van der Waals surface area contributed by atoms with E-state index in [1.807, 2.05) is 84.9 Å². The number of nitrogens with zero attached hydrogens (tertiary/aromatic N) is 3. The van der Waals surface area contributed by atoms with Gasteiger partial charge in [-0.2, -0.15) is 0 Å². The molecule has 4 rings (SSSR count). The number of hydrogen-bond acceptors (Lipinski definition) is 5. The lowest BCUT2D eigenvalue weighted by atomic mass is 10.0. The zero-order valence-electron chi connectivity index (χ0n) is 15.8. The van der Waals surface area contributed by atoms with Crippen molar-refractivity contribution < 1.29 is 4.79 Å². The van der Waals surface area contributed by atoms with Crippen LogP contribution in [0.25, 0.3) is 22.5 Å². The number of rotatable bonds is 6. The van der Waals surface area contributed by atoms with Crippen molar-refractivity contribution in [1.29, 1.82) is 0 Å². The van der Waals surface area contributed by atoms with E-state index in [2.05, 4.69) is 38.1 Å². The third-order valence-electron chi connectivity index (χ3n) is 4.22. The number of aromatic nitrogens is 3. The van der Waals surface area contributed by atoms with Gasteiger partial charge in [-0.3, -0.25) is 4.79 Å². The van der Waals surface area contributed by atoms with Crippen molar-refractivity contribution in [3.8, 4) is 22.5 Å². The van der Waals surface area contributed by atoms with Gasteiger partial charge in [-0.1, -0.05) is 72.4 Å². The van der Waals surface area contributed by atoms with Crippen LogP contribution in [-0.4, -0.2) is 26.8 Å². The highest BCUT2D eigenvalue weighted by Crippen LogP contribution is 2.29. The maximum Gasteiger partial charge on any atom is 0.234 e. The summed E-state index contributed by atoms with van der Waals surface area (Å²) in [5.41, 5.74) is 4.14. The predicted octanol–water partition coefficient (Wildman–Crippen LogP) is 5.54. The molecule has 1 heterocycles. The normalized spacial score (nSPS) is 10.6. The number of hydrogen-bond donors (Lipinski definition) is 1. The van der Waals surface area contributed by atoms with Gasteiger partial charge < -0.3 is 5.32 Å². The van der Waals surface area contributed by atoms with Crippen LogP contribution in [0.1, 0.15) is 0 Å². The molecule has 3 aromatic carbocycles. The van der Waals surface area contributed by atoms with Gasteiger partial charge in [-0.25, -0.2) is 4.98 Å². The second-order valence-electron chi connectivity index (χ2n) is 6.37. The molecular weight excluding hydrogens is 507 g/mol. The first-order valence-electron chi connectivity index (χ1n) is 9.23. The average Bonchev–Trinajstić information content (AvgIpc) is 2.80. The Hall–Kier alpha value is -2.78. The maximum atomic E-state index is 12.3. The number of anilines is 1. The summed E-state index contributed by atoms with van der Waals surface area (Å²) in [6, 6.07) is 27.4. The fourth-order valence-electron chi connectivity index (χ4n) is 2.82. The summed E-state index contributed by atoms with van der Waals surface area (Å²) < 4.78 is 1.12. The molecule has 148 valence electrons. The summed E-state index contributed by atoms with van der Waals surface area (Å²) in [6.45, 7) is 0. The first-order valence-corrected chi connectivity index (χ1v) is 11.3. The van der Waals surface area contributed by atoms with Crippen molar-refractivity contribution in [3.63, 3.8) is 0 Å². The molecule has 0 saturated heterocycles. The van der Waals surface area contributed by atoms with E-state index >= 15 is 0 Å². The molecule has 1 aromatic heterocycles. The fourth-order valence-corrected chi connectivity index (χ4v) is 3.77. The van der Waals surface area contributed by atoms with E-state index in [1.54, 1.807) is 0 Å². The Morgan fingerprint density at radius 1 is 0.800 bits per heavy atom. The van der Waals surface area contributed by atoms with Crippen LogP contribution in [0.2, 0.25) is 0 Å². The van der Waals surface area contributed by atoms with Gasteiger partial charge in [-0.15, -0.1) is 10.2 Å². The fraction of sp³-hybridized carbons (Fsp3) is 0.0435. The third kappa shape index (κ3) is 5.22. The molecule has 0 aliphatic heterocycles. The van der Waals surface area contributed by atoms with Crippen LogP contribution in [0, 0.1) is 3.57 Å². The van der Waals surface area contributed by atoms with Crippen LogP contribution >= 0.6 is 34.4 Å². The largest absolute Gasteiger partial charge is 0.325 e. The van der Waals surface area contributed by atoms with Crippen molar-refractivity contribution in [1.82, 2.24) is 15.2 Å². The maximum absolute atomic E-state index is 12.3. The predicted molar refractivity (Wildman–Crippen MR) is 129 cm³/mol. The molecule has 0 aliphatic carbocycles.